The first-order valence-electron chi connectivity index (χ1n) is 9.28. The van der Waals surface area contributed by atoms with Crippen LogP contribution in [-0.4, -0.2) is 20.7 Å². The van der Waals surface area contributed by atoms with Gasteiger partial charge in [-0.2, -0.15) is 0 Å². The van der Waals surface area contributed by atoms with Crippen LogP contribution in [0.3, 0.4) is 0 Å². The summed E-state index contributed by atoms with van der Waals surface area (Å²) in [6.45, 7) is 2.95. The Kier molecular flexibility index (Phi) is 6.11. The van der Waals surface area contributed by atoms with Crippen molar-refractivity contribution in [3.05, 3.63) is 92.9 Å². The van der Waals surface area contributed by atoms with Crippen molar-refractivity contribution in [2.24, 2.45) is 0 Å². The standard InChI is InChI=1S/C22H19ClN4O2S/c1-15-4-2-3-5-19(15)29-12-17-10-20(30-13-17)21(28)25-22-24-14-27(26-22)11-16-6-8-18(23)9-7-16/h2-10,13-14H,11-12H2,1H3,(H,25,26,28). The van der Waals surface area contributed by atoms with E-state index in [1.807, 2.05) is 66.9 Å². The lowest BCUT2D eigenvalue weighted by Gasteiger charge is -2.07. The number of hydrogen-bond donors (Lipinski definition) is 1. The van der Waals surface area contributed by atoms with Gasteiger partial charge in [0.15, 0.2) is 0 Å². The number of nitrogens with zero attached hydrogens (tertiary/aromatic N) is 3. The second-order valence-electron chi connectivity index (χ2n) is 6.72. The molecule has 0 atom stereocenters. The molecule has 4 rings (SSSR count). The highest BCUT2D eigenvalue weighted by Crippen LogP contribution is 2.21. The zero-order valence-electron chi connectivity index (χ0n) is 16.2. The lowest BCUT2D eigenvalue weighted by Crippen LogP contribution is -2.12. The van der Waals surface area contributed by atoms with Gasteiger partial charge in [0.05, 0.1) is 11.4 Å². The number of rotatable bonds is 7. The number of thiophene rings is 1. The Bertz CT molecular complexity index is 1150. The van der Waals surface area contributed by atoms with Crippen LogP contribution >= 0.6 is 22.9 Å². The monoisotopic (exact) mass is 438 g/mol. The molecular weight excluding hydrogens is 420 g/mol. The molecule has 0 saturated heterocycles. The largest absolute Gasteiger partial charge is 0.489 e. The summed E-state index contributed by atoms with van der Waals surface area (Å²) in [6, 6.07) is 17.2. The lowest BCUT2D eigenvalue weighted by atomic mass is 10.2. The smallest absolute Gasteiger partial charge is 0.268 e. The van der Waals surface area contributed by atoms with Gasteiger partial charge in [-0.15, -0.1) is 16.4 Å². The van der Waals surface area contributed by atoms with E-state index in [1.165, 1.54) is 11.3 Å². The Labute approximate surface area is 183 Å². The summed E-state index contributed by atoms with van der Waals surface area (Å²) in [5.74, 6) is 0.858. The third-order valence-electron chi connectivity index (χ3n) is 4.39. The summed E-state index contributed by atoms with van der Waals surface area (Å²) in [5, 5.41) is 9.64. The van der Waals surface area contributed by atoms with E-state index in [0.717, 1.165) is 22.4 Å². The lowest BCUT2D eigenvalue weighted by molar-refractivity contribution is 0.102. The molecule has 4 aromatic rings. The number of anilines is 1. The predicted molar refractivity (Wildman–Crippen MR) is 118 cm³/mol. The number of para-hydroxylation sites is 1. The van der Waals surface area contributed by atoms with Gasteiger partial charge in [-0.25, -0.2) is 9.67 Å². The number of aryl methyl sites for hydroxylation is 1. The Balaban J connectivity index is 1.34. The fourth-order valence-electron chi connectivity index (χ4n) is 2.82. The summed E-state index contributed by atoms with van der Waals surface area (Å²) in [6.07, 6.45) is 1.58. The van der Waals surface area contributed by atoms with Gasteiger partial charge in [-0.3, -0.25) is 10.1 Å². The van der Waals surface area contributed by atoms with Gasteiger partial charge in [0, 0.05) is 10.6 Å². The summed E-state index contributed by atoms with van der Waals surface area (Å²) in [4.78, 5) is 17.3. The molecule has 6 nitrogen and oxygen atoms in total. The summed E-state index contributed by atoms with van der Waals surface area (Å²) in [7, 11) is 0. The van der Waals surface area contributed by atoms with Gasteiger partial charge in [-0.1, -0.05) is 41.9 Å². The van der Waals surface area contributed by atoms with Gasteiger partial charge in [0.2, 0.25) is 5.95 Å². The minimum atomic E-state index is -0.244. The van der Waals surface area contributed by atoms with Crippen molar-refractivity contribution >= 4 is 34.8 Å². The van der Waals surface area contributed by atoms with Crippen LogP contribution in [-0.2, 0) is 13.2 Å². The van der Waals surface area contributed by atoms with Gasteiger partial charge in [-0.05, 0) is 47.7 Å². The van der Waals surface area contributed by atoms with E-state index < -0.39 is 0 Å². The molecular formula is C22H19ClN4O2S. The molecule has 30 heavy (non-hydrogen) atoms. The molecule has 8 heteroatoms. The molecule has 0 saturated carbocycles. The molecule has 0 spiro atoms. The Morgan fingerprint density at radius 2 is 1.97 bits per heavy atom. The van der Waals surface area contributed by atoms with Crippen LogP contribution in [0.4, 0.5) is 5.95 Å². The predicted octanol–water partition coefficient (Wildman–Crippen LogP) is 5.18. The van der Waals surface area contributed by atoms with E-state index in [2.05, 4.69) is 15.4 Å². The molecule has 0 fully saturated rings. The normalized spacial score (nSPS) is 10.7. The van der Waals surface area contributed by atoms with Crippen LogP contribution in [0.15, 0.2) is 66.3 Å². The average molecular weight is 439 g/mol. The Morgan fingerprint density at radius 1 is 1.17 bits per heavy atom. The summed E-state index contributed by atoms with van der Waals surface area (Å²) < 4.78 is 7.50. The van der Waals surface area contributed by atoms with Gasteiger partial charge in [0.1, 0.15) is 18.7 Å². The van der Waals surface area contributed by atoms with Crippen LogP contribution in [0.1, 0.15) is 26.4 Å². The van der Waals surface area contributed by atoms with Crippen molar-refractivity contribution in [1.29, 1.82) is 0 Å². The minimum Gasteiger partial charge on any atom is -0.489 e. The number of amides is 1. The van der Waals surface area contributed by atoms with E-state index in [-0.39, 0.29) is 11.9 Å². The van der Waals surface area contributed by atoms with Gasteiger partial charge >= 0.3 is 0 Å². The summed E-state index contributed by atoms with van der Waals surface area (Å²) >= 11 is 7.26. The molecule has 0 aliphatic carbocycles. The molecule has 0 aliphatic heterocycles. The van der Waals surface area contributed by atoms with Crippen molar-refractivity contribution in [3.8, 4) is 5.75 Å². The first-order valence-corrected chi connectivity index (χ1v) is 10.5. The molecule has 0 radical (unpaired) electrons. The molecule has 0 bridgehead atoms. The first-order chi connectivity index (χ1) is 14.6. The Hall–Kier alpha value is -3.16. The van der Waals surface area contributed by atoms with Gasteiger partial charge in [0.25, 0.3) is 5.91 Å². The van der Waals surface area contributed by atoms with Crippen LogP contribution in [0.2, 0.25) is 5.02 Å². The van der Waals surface area contributed by atoms with Crippen LogP contribution in [0.5, 0.6) is 5.75 Å². The van der Waals surface area contributed by atoms with Crippen molar-refractivity contribution in [3.63, 3.8) is 0 Å². The molecule has 152 valence electrons. The topological polar surface area (TPSA) is 69.0 Å². The van der Waals surface area contributed by atoms with Crippen molar-refractivity contribution in [2.75, 3.05) is 5.32 Å². The maximum Gasteiger partial charge on any atom is 0.268 e. The molecule has 0 unspecified atom stereocenters. The fraction of sp³-hybridized carbons (Fsp3) is 0.136. The van der Waals surface area contributed by atoms with Crippen LogP contribution in [0, 0.1) is 6.92 Å². The number of hydrogen-bond acceptors (Lipinski definition) is 5. The highest BCUT2D eigenvalue weighted by molar-refractivity contribution is 7.12. The van der Waals surface area contributed by atoms with E-state index >= 15 is 0 Å². The Morgan fingerprint density at radius 3 is 2.77 bits per heavy atom. The van der Waals surface area contributed by atoms with Crippen molar-refractivity contribution in [2.45, 2.75) is 20.1 Å². The highest BCUT2D eigenvalue weighted by Gasteiger charge is 2.12. The molecule has 1 N–H and O–H groups in total. The molecule has 1 amide bonds. The zero-order valence-corrected chi connectivity index (χ0v) is 17.8. The van der Waals surface area contributed by atoms with E-state index in [0.29, 0.717) is 23.1 Å². The number of nitrogens with one attached hydrogen (secondary N) is 1. The number of aromatic nitrogens is 3. The number of benzene rings is 2. The third kappa shape index (κ3) is 5.06. The maximum absolute atomic E-state index is 12.5. The van der Waals surface area contributed by atoms with Gasteiger partial charge < -0.3 is 4.74 Å². The minimum absolute atomic E-state index is 0.244. The molecule has 2 aromatic heterocycles. The second-order valence-corrected chi connectivity index (χ2v) is 8.07. The van der Waals surface area contributed by atoms with Crippen LogP contribution in [0.25, 0.3) is 0 Å². The molecule has 2 aromatic carbocycles. The zero-order chi connectivity index (χ0) is 20.9. The van der Waals surface area contributed by atoms with Crippen molar-refractivity contribution in [1.82, 2.24) is 14.8 Å². The van der Waals surface area contributed by atoms with E-state index in [1.54, 1.807) is 11.0 Å². The van der Waals surface area contributed by atoms with E-state index in [9.17, 15) is 4.79 Å². The fourth-order valence-corrected chi connectivity index (χ4v) is 3.74. The highest BCUT2D eigenvalue weighted by atomic mass is 35.5. The summed E-state index contributed by atoms with van der Waals surface area (Å²) in [5.41, 5.74) is 3.05. The maximum atomic E-state index is 12.5. The average Bonchev–Trinajstić information content (AvgIpc) is 3.39. The number of ether oxygens (including phenoxy) is 1. The third-order valence-corrected chi connectivity index (χ3v) is 5.61. The SMILES string of the molecule is Cc1ccccc1OCc1csc(C(=O)Nc2ncn(Cc3ccc(Cl)cc3)n2)c1. The molecule has 2 heterocycles. The second kappa shape index (κ2) is 9.11. The number of carbonyl (C=O) groups excluding carboxylic acids is 1. The quantitative estimate of drug-likeness (QED) is 0.431. The van der Waals surface area contributed by atoms with Crippen molar-refractivity contribution < 1.29 is 9.53 Å². The first kappa shape index (κ1) is 20.1. The number of carbonyl (C=O) groups is 1. The van der Waals surface area contributed by atoms with Crippen LogP contribution < -0.4 is 10.1 Å². The molecule has 0 aliphatic rings. The number of halogens is 1. The van der Waals surface area contributed by atoms with E-state index in [4.69, 9.17) is 16.3 Å².